The molecular formula is C18H29F3O7S. The lowest BCUT2D eigenvalue weighted by Gasteiger charge is -2.31. The molecule has 1 aliphatic rings. The van der Waals surface area contributed by atoms with Crippen LogP contribution in [0.4, 0.5) is 13.2 Å². The van der Waals surface area contributed by atoms with Crippen LogP contribution in [0.5, 0.6) is 0 Å². The molecule has 0 aromatic heterocycles. The molecule has 2 N–H and O–H groups in total. The number of carboxylic acids is 2. The maximum atomic E-state index is 12.1. The van der Waals surface area contributed by atoms with E-state index in [-0.39, 0.29) is 31.4 Å². The molecule has 0 radical (unpaired) electrons. The Morgan fingerprint density at radius 3 is 1.97 bits per heavy atom. The molecule has 1 aliphatic carbocycles. The van der Waals surface area contributed by atoms with Crippen LogP contribution in [0.25, 0.3) is 0 Å². The fraction of sp³-hybridized carbons (Fsp3) is 0.889. The van der Waals surface area contributed by atoms with Crippen LogP contribution in [0.2, 0.25) is 0 Å². The first-order valence-electron chi connectivity index (χ1n) is 9.84. The van der Waals surface area contributed by atoms with Crippen LogP contribution >= 0.6 is 0 Å². The lowest BCUT2D eigenvalue weighted by molar-refractivity contribution is -0.151. The van der Waals surface area contributed by atoms with Gasteiger partial charge in [0.15, 0.2) is 0 Å². The second-order valence-corrected chi connectivity index (χ2v) is 9.25. The van der Waals surface area contributed by atoms with E-state index in [0.29, 0.717) is 32.1 Å². The average molecular weight is 446 g/mol. The number of carboxylic acid groups (broad SMARTS) is 2. The highest BCUT2D eigenvalue weighted by Crippen LogP contribution is 2.33. The number of hydrogen-bond acceptors (Lipinski definition) is 5. The van der Waals surface area contributed by atoms with Gasteiger partial charge in [-0.1, -0.05) is 32.1 Å². The van der Waals surface area contributed by atoms with Crippen molar-refractivity contribution in [3.8, 4) is 0 Å². The van der Waals surface area contributed by atoms with Gasteiger partial charge in [0.1, 0.15) is 0 Å². The minimum absolute atomic E-state index is 0.0467. The minimum Gasteiger partial charge on any atom is -0.481 e. The lowest BCUT2D eigenvalue weighted by Crippen LogP contribution is -2.40. The van der Waals surface area contributed by atoms with Crippen molar-refractivity contribution in [2.75, 3.05) is 5.75 Å². The van der Waals surface area contributed by atoms with Crippen LogP contribution in [0, 0.1) is 11.8 Å². The second kappa shape index (κ2) is 11.7. The molecule has 7 nitrogen and oxygen atoms in total. The maximum absolute atomic E-state index is 12.1. The SMILES string of the molecule is O=C(O)C1CCC(OS(=O)(=O)CCCCCCCCCC(F)(F)F)C(C(=O)O)C1. The Morgan fingerprint density at radius 2 is 1.45 bits per heavy atom. The molecule has 0 spiro atoms. The van der Waals surface area contributed by atoms with Crippen LogP contribution in [0.1, 0.15) is 70.6 Å². The largest absolute Gasteiger partial charge is 0.481 e. The Morgan fingerprint density at radius 1 is 0.897 bits per heavy atom. The molecule has 170 valence electrons. The Balaban J connectivity index is 2.28. The van der Waals surface area contributed by atoms with Crippen molar-refractivity contribution in [1.29, 1.82) is 0 Å². The highest BCUT2D eigenvalue weighted by atomic mass is 32.2. The molecule has 0 aromatic rings. The molecule has 3 unspecified atom stereocenters. The van der Waals surface area contributed by atoms with E-state index in [1.807, 2.05) is 0 Å². The quantitative estimate of drug-likeness (QED) is 0.325. The van der Waals surface area contributed by atoms with Gasteiger partial charge in [-0.2, -0.15) is 21.6 Å². The van der Waals surface area contributed by atoms with Gasteiger partial charge in [0.25, 0.3) is 10.1 Å². The van der Waals surface area contributed by atoms with Crippen LogP contribution in [0.3, 0.4) is 0 Å². The lowest BCUT2D eigenvalue weighted by atomic mass is 9.79. The van der Waals surface area contributed by atoms with Gasteiger partial charge in [0, 0.05) is 6.42 Å². The molecule has 0 saturated heterocycles. The van der Waals surface area contributed by atoms with Crippen LogP contribution in [0.15, 0.2) is 0 Å². The van der Waals surface area contributed by atoms with Crippen molar-refractivity contribution in [2.45, 2.75) is 82.9 Å². The summed E-state index contributed by atoms with van der Waals surface area (Å²) in [5.74, 6) is -4.66. The minimum atomic E-state index is -4.12. The van der Waals surface area contributed by atoms with E-state index < -0.39 is 52.6 Å². The first-order valence-corrected chi connectivity index (χ1v) is 11.4. The Hall–Kier alpha value is -1.36. The average Bonchev–Trinajstić information content (AvgIpc) is 2.58. The molecule has 1 saturated carbocycles. The van der Waals surface area contributed by atoms with Gasteiger partial charge >= 0.3 is 18.1 Å². The van der Waals surface area contributed by atoms with E-state index in [1.165, 1.54) is 0 Å². The first kappa shape index (κ1) is 25.7. The zero-order chi connectivity index (χ0) is 22.1. The van der Waals surface area contributed by atoms with Crippen molar-refractivity contribution in [3.05, 3.63) is 0 Å². The van der Waals surface area contributed by atoms with Crippen LogP contribution < -0.4 is 0 Å². The first-order chi connectivity index (χ1) is 13.4. The summed E-state index contributed by atoms with van der Waals surface area (Å²) < 4.78 is 65.3. The maximum Gasteiger partial charge on any atom is 0.389 e. The Bertz CT molecular complexity index is 634. The summed E-state index contributed by atoms with van der Waals surface area (Å²) in [5, 5.41) is 18.3. The zero-order valence-electron chi connectivity index (χ0n) is 16.2. The fourth-order valence-electron chi connectivity index (χ4n) is 3.47. The van der Waals surface area contributed by atoms with E-state index in [4.69, 9.17) is 9.29 Å². The van der Waals surface area contributed by atoms with Crippen molar-refractivity contribution < 1.29 is 45.6 Å². The van der Waals surface area contributed by atoms with E-state index in [9.17, 15) is 36.3 Å². The molecular weight excluding hydrogens is 417 g/mol. The van der Waals surface area contributed by atoms with Crippen molar-refractivity contribution in [2.24, 2.45) is 11.8 Å². The predicted molar refractivity (Wildman–Crippen MR) is 97.8 cm³/mol. The van der Waals surface area contributed by atoms with Gasteiger partial charge in [0.2, 0.25) is 0 Å². The molecule has 0 heterocycles. The summed E-state index contributed by atoms with van der Waals surface area (Å²) in [7, 11) is -3.94. The summed E-state index contributed by atoms with van der Waals surface area (Å²) >= 11 is 0. The zero-order valence-corrected chi connectivity index (χ0v) is 17.0. The molecule has 0 aliphatic heterocycles. The van der Waals surface area contributed by atoms with Gasteiger partial charge in [0.05, 0.1) is 23.7 Å². The Kier molecular flexibility index (Phi) is 10.4. The normalized spacial score (nSPS) is 23.1. The third-order valence-corrected chi connectivity index (χ3v) is 6.41. The monoisotopic (exact) mass is 446 g/mol. The third kappa shape index (κ3) is 10.8. The summed E-state index contributed by atoms with van der Waals surface area (Å²) in [6.45, 7) is 0. The van der Waals surface area contributed by atoms with Gasteiger partial charge in [-0.3, -0.25) is 13.8 Å². The molecule has 1 fully saturated rings. The Labute approximate surface area is 168 Å². The van der Waals surface area contributed by atoms with E-state index in [1.54, 1.807) is 0 Å². The summed E-state index contributed by atoms with van der Waals surface area (Å²) in [6, 6.07) is 0. The van der Waals surface area contributed by atoms with E-state index in [0.717, 1.165) is 6.42 Å². The summed E-state index contributed by atoms with van der Waals surface area (Å²) in [6.07, 6.45) is -2.39. The van der Waals surface area contributed by atoms with Gasteiger partial charge in [-0.05, 0) is 32.1 Å². The molecule has 0 amide bonds. The van der Waals surface area contributed by atoms with Crippen molar-refractivity contribution >= 4 is 22.1 Å². The van der Waals surface area contributed by atoms with E-state index >= 15 is 0 Å². The highest BCUT2D eigenvalue weighted by molar-refractivity contribution is 7.86. The molecule has 1 rings (SSSR count). The second-order valence-electron chi connectivity index (χ2n) is 7.53. The van der Waals surface area contributed by atoms with Gasteiger partial charge in [-0.15, -0.1) is 0 Å². The number of unbranched alkanes of at least 4 members (excludes halogenated alkanes) is 6. The topological polar surface area (TPSA) is 118 Å². The molecule has 11 heteroatoms. The molecule has 0 aromatic carbocycles. The number of rotatable bonds is 13. The number of hydrogen-bond donors (Lipinski definition) is 2. The number of alkyl halides is 3. The highest BCUT2D eigenvalue weighted by Gasteiger charge is 2.40. The third-order valence-electron chi connectivity index (χ3n) is 5.08. The smallest absolute Gasteiger partial charge is 0.389 e. The molecule has 0 bridgehead atoms. The summed E-state index contributed by atoms with van der Waals surface area (Å²) in [5.41, 5.74) is 0. The van der Waals surface area contributed by atoms with Gasteiger partial charge < -0.3 is 10.2 Å². The van der Waals surface area contributed by atoms with Crippen LogP contribution in [-0.2, 0) is 23.9 Å². The number of aliphatic carboxylic acids is 2. The van der Waals surface area contributed by atoms with Gasteiger partial charge in [-0.25, -0.2) is 0 Å². The van der Waals surface area contributed by atoms with Crippen molar-refractivity contribution in [3.63, 3.8) is 0 Å². The molecule has 29 heavy (non-hydrogen) atoms. The van der Waals surface area contributed by atoms with Crippen molar-refractivity contribution in [1.82, 2.24) is 0 Å². The predicted octanol–water partition coefficient (Wildman–Crippen LogP) is 3.97. The number of halogens is 3. The fourth-order valence-corrected chi connectivity index (χ4v) is 4.73. The number of carbonyl (C=O) groups is 2. The molecule has 3 atom stereocenters. The summed E-state index contributed by atoms with van der Waals surface area (Å²) in [4.78, 5) is 22.4. The van der Waals surface area contributed by atoms with E-state index in [2.05, 4.69) is 0 Å². The standard InChI is InChI=1S/C18H29F3O7S/c19-18(20,21)10-6-4-2-1-3-5-7-11-29(26,27)28-15-9-8-13(16(22)23)12-14(15)17(24)25/h13-15H,1-12H2,(H,22,23)(H,24,25). The van der Waals surface area contributed by atoms with Crippen LogP contribution in [-0.4, -0.2) is 48.6 Å².